The number of amides is 3. The normalized spacial score (nSPS) is 25.1. The van der Waals surface area contributed by atoms with E-state index in [1.807, 2.05) is 72.8 Å². The summed E-state index contributed by atoms with van der Waals surface area (Å²) in [4.78, 5) is 43.0. The Morgan fingerprint density at radius 2 is 1.70 bits per heavy atom. The molecule has 2 saturated heterocycles. The second-order valence-corrected chi connectivity index (χ2v) is 12.5. The monoisotopic (exact) mass is 594 g/mol. The Morgan fingerprint density at radius 1 is 0.932 bits per heavy atom. The molecule has 3 heterocycles. The third kappa shape index (κ3) is 7.03. The smallest absolute Gasteiger partial charge is 0.243 e. The molecule has 0 aromatic heterocycles. The van der Waals surface area contributed by atoms with Gasteiger partial charge in [-0.2, -0.15) is 0 Å². The van der Waals surface area contributed by atoms with Crippen molar-refractivity contribution >= 4 is 34.2 Å². The van der Waals surface area contributed by atoms with Gasteiger partial charge >= 0.3 is 0 Å². The number of nitrogens with one attached hydrogen (secondary N) is 3. The van der Waals surface area contributed by atoms with E-state index in [0.29, 0.717) is 58.5 Å². The Bertz CT molecular complexity index is 1500. The zero-order valence-corrected chi connectivity index (χ0v) is 25.2. The molecule has 2 fully saturated rings. The van der Waals surface area contributed by atoms with Crippen LogP contribution in [-0.4, -0.2) is 67.6 Å². The number of allylic oxidation sites excluding steroid dienone is 2. The van der Waals surface area contributed by atoms with Gasteiger partial charge in [0.25, 0.3) is 0 Å². The molecule has 0 bridgehead atoms. The first-order valence-corrected chi connectivity index (χ1v) is 15.9. The molecule has 230 valence electrons. The lowest BCUT2D eigenvalue weighted by molar-refractivity contribution is -0.140. The van der Waals surface area contributed by atoms with Gasteiger partial charge < -0.3 is 20.7 Å². The summed E-state index contributed by atoms with van der Waals surface area (Å²) in [5.74, 6) is -0.108. The van der Waals surface area contributed by atoms with Gasteiger partial charge in [-0.25, -0.2) is 0 Å². The van der Waals surface area contributed by atoms with Gasteiger partial charge in [0.05, 0.1) is 12.0 Å². The molecule has 3 amide bonds. The first-order valence-electron chi connectivity index (χ1n) is 15.9. The molecule has 3 aliphatic rings. The molecule has 1 spiro atoms. The molecule has 3 N–H and O–H groups in total. The van der Waals surface area contributed by atoms with Crippen LogP contribution in [0.1, 0.15) is 37.7 Å². The highest BCUT2D eigenvalue weighted by Gasteiger charge is 2.41. The number of piperidine rings is 1. The summed E-state index contributed by atoms with van der Waals surface area (Å²) in [5.41, 5.74) is 1.24. The Hall–Kier alpha value is -4.01. The van der Waals surface area contributed by atoms with Crippen molar-refractivity contribution in [2.75, 3.05) is 38.2 Å². The van der Waals surface area contributed by atoms with Gasteiger partial charge in [-0.1, -0.05) is 78.9 Å². The van der Waals surface area contributed by atoms with E-state index in [9.17, 15) is 14.4 Å². The molecule has 3 atom stereocenters. The molecular weight excluding hydrogens is 552 g/mol. The van der Waals surface area contributed by atoms with Crippen molar-refractivity contribution in [3.8, 4) is 0 Å². The summed E-state index contributed by atoms with van der Waals surface area (Å²) >= 11 is 0. The van der Waals surface area contributed by atoms with Crippen molar-refractivity contribution in [2.45, 2.75) is 50.6 Å². The van der Waals surface area contributed by atoms with E-state index in [-0.39, 0.29) is 29.7 Å². The Balaban J connectivity index is 1.17. The lowest BCUT2D eigenvalue weighted by atomic mass is 9.75. The standard InChI is InChI=1S/C36H42N4O4/c41-33(37-31-15-8-13-27-11-4-5-14-29(27)31)25-40-20-16-30-28(24-40)12-6-7-17-36(18-21-44-22-19-36)35(43)39-32(34(42)38-30)23-26-9-2-1-3-10-26/h1-11,13-15,28,30,32H,12,16-25H2,(H,37,41)(H,38,42)(H,39,43)/b7-6+/t28-,30+,32+/m0/s1. The van der Waals surface area contributed by atoms with Gasteiger partial charge in [0.2, 0.25) is 17.7 Å². The topological polar surface area (TPSA) is 99.8 Å². The van der Waals surface area contributed by atoms with Crippen LogP contribution < -0.4 is 16.0 Å². The molecule has 8 nitrogen and oxygen atoms in total. The summed E-state index contributed by atoms with van der Waals surface area (Å²) in [7, 11) is 0. The number of benzene rings is 3. The second kappa shape index (κ2) is 13.7. The van der Waals surface area contributed by atoms with Crippen LogP contribution in [0.15, 0.2) is 84.9 Å². The van der Waals surface area contributed by atoms with Crippen LogP contribution in [0.4, 0.5) is 5.69 Å². The van der Waals surface area contributed by atoms with E-state index in [2.05, 4.69) is 33.0 Å². The van der Waals surface area contributed by atoms with Gasteiger partial charge in [-0.15, -0.1) is 0 Å². The number of carbonyl (C=O) groups is 3. The maximum Gasteiger partial charge on any atom is 0.243 e. The second-order valence-electron chi connectivity index (χ2n) is 12.5. The quantitative estimate of drug-likeness (QED) is 0.379. The van der Waals surface area contributed by atoms with Gasteiger partial charge in [0.15, 0.2) is 0 Å². The average Bonchev–Trinajstić information content (AvgIpc) is 3.04. The summed E-state index contributed by atoms with van der Waals surface area (Å²) in [5, 5.41) is 11.7. The third-order valence-electron chi connectivity index (χ3n) is 9.53. The van der Waals surface area contributed by atoms with Gasteiger partial charge in [-0.3, -0.25) is 19.3 Å². The lowest BCUT2D eigenvalue weighted by Crippen LogP contribution is -2.58. The minimum Gasteiger partial charge on any atom is -0.381 e. The molecule has 0 unspecified atom stereocenters. The van der Waals surface area contributed by atoms with Gasteiger partial charge in [0, 0.05) is 49.8 Å². The van der Waals surface area contributed by atoms with Crippen molar-refractivity contribution in [3.05, 3.63) is 90.5 Å². The van der Waals surface area contributed by atoms with Crippen LogP contribution in [-0.2, 0) is 25.5 Å². The zero-order chi connectivity index (χ0) is 30.4. The third-order valence-corrected chi connectivity index (χ3v) is 9.53. The van der Waals surface area contributed by atoms with Crippen LogP contribution in [0.2, 0.25) is 0 Å². The SMILES string of the molecule is O=C(CN1CC[C@H]2NC(=O)[C@@H](Cc3ccccc3)NC(=O)C3(C/C=C/C[C@H]2C1)CCOCC3)Nc1cccc2ccccc12. The molecule has 8 heteroatoms. The fourth-order valence-corrected chi connectivity index (χ4v) is 6.93. The number of likely N-dealkylation sites (tertiary alicyclic amines) is 1. The van der Waals surface area contributed by atoms with Crippen molar-refractivity contribution in [1.29, 1.82) is 0 Å². The van der Waals surface area contributed by atoms with E-state index in [1.54, 1.807) is 0 Å². The zero-order valence-electron chi connectivity index (χ0n) is 25.2. The maximum absolute atomic E-state index is 13.8. The number of rotatable bonds is 5. The Kier molecular flexibility index (Phi) is 9.38. The van der Waals surface area contributed by atoms with Crippen molar-refractivity contribution in [3.63, 3.8) is 0 Å². The summed E-state index contributed by atoms with van der Waals surface area (Å²) in [6.07, 6.45) is 8.13. The van der Waals surface area contributed by atoms with Crippen molar-refractivity contribution < 1.29 is 19.1 Å². The summed E-state index contributed by atoms with van der Waals surface area (Å²) in [6.45, 7) is 2.77. The number of fused-ring (bicyclic) bond motifs is 2. The average molecular weight is 595 g/mol. The molecule has 6 rings (SSSR count). The fraction of sp³-hybridized carbons (Fsp3) is 0.417. The van der Waals surface area contributed by atoms with Crippen LogP contribution >= 0.6 is 0 Å². The molecule has 3 aromatic carbocycles. The molecule has 3 aliphatic heterocycles. The Morgan fingerprint density at radius 3 is 2.55 bits per heavy atom. The molecule has 0 radical (unpaired) electrons. The van der Waals surface area contributed by atoms with E-state index in [0.717, 1.165) is 34.9 Å². The first kappa shape index (κ1) is 30.0. The van der Waals surface area contributed by atoms with Crippen molar-refractivity contribution in [1.82, 2.24) is 15.5 Å². The molecule has 0 aliphatic carbocycles. The highest BCUT2D eigenvalue weighted by atomic mass is 16.5. The number of carbonyl (C=O) groups excluding carboxylic acids is 3. The van der Waals surface area contributed by atoms with E-state index in [1.165, 1.54) is 0 Å². The number of nitrogens with zero attached hydrogens (tertiary/aromatic N) is 1. The van der Waals surface area contributed by atoms with Crippen molar-refractivity contribution in [2.24, 2.45) is 11.3 Å². The first-order chi connectivity index (χ1) is 21.5. The van der Waals surface area contributed by atoms with Gasteiger partial charge in [0.1, 0.15) is 6.04 Å². The maximum atomic E-state index is 13.8. The minimum atomic E-state index is -0.668. The van der Waals surface area contributed by atoms with Gasteiger partial charge in [-0.05, 0) is 55.0 Å². The summed E-state index contributed by atoms with van der Waals surface area (Å²) in [6, 6.07) is 23.1. The van der Waals surface area contributed by atoms with Crippen LogP contribution in [0.25, 0.3) is 10.8 Å². The minimum absolute atomic E-state index is 0.0420. The largest absolute Gasteiger partial charge is 0.381 e. The molecule has 3 aromatic rings. The van der Waals surface area contributed by atoms with Crippen LogP contribution in [0.5, 0.6) is 0 Å². The van der Waals surface area contributed by atoms with Crippen LogP contribution in [0.3, 0.4) is 0 Å². The number of hydrogen-bond acceptors (Lipinski definition) is 5. The fourth-order valence-electron chi connectivity index (χ4n) is 6.93. The molecule has 0 saturated carbocycles. The number of hydrogen-bond donors (Lipinski definition) is 3. The predicted octanol–water partition coefficient (Wildman–Crippen LogP) is 4.46. The van der Waals surface area contributed by atoms with E-state index in [4.69, 9.17) is 4.74 Å². The number of ether oxygens (including phenoxy) is 1. The lowest BCUT2D eigenvalue weighted by Gasteiger charge is -2.40. The predicted molar refractivity (Wildman–Crippen MR) is 172 cm³/mol. The highest BCUT2D eigenvalue weighted by Crippen LogP contribution is 2.36. The number of anilines is 1. The molecular formula is C36H42N4O4. The summed E-state index contributed by atoms with van der Waals surface area (Å²) < 4.78 is 5.61. The van der Waals surface area contributed by atoms with Crippen LogP contribution in [0, 0.1) is 11.3 Å². The van der Waals surface area contributed by atoms with E-state index >= 15 is 0 Å². The molecule has 44 heavy (non-hydrogen) atoms. The van der Waals surface area contributed by atoms with E-state index < -0.39 is 11.5 Å². The highest BCUT2D eigenvalue weighted by molar-refractivity contribution is 6.02. The Labute approximate surface area is 259 Å².